The van der Waals surface area contributed by atoms with Crippen molar-refractivity contribution in [1.29, 1.82) is 0 Å². The number of allylic oxidation sites excluding steroid dienone is 1. The molecule has 2 saturated carbocycles. The van der Waals surface area contributed by atoms with E-state index in [1.54, 1.807) is 13.0 Å². The number of rotatable bonds is 0. The number of hydrogen-bond donors (Lipinski definition) is 3. The van der Waals surface area contributed by atoms with E-state index in [-0.39, 0.29) is 24.7 Å². The lowest BCUT2D eigenvalue weighted by atomic mass is 9.40. The van der Waals surface area contributed by atoms with Crippen molar-refractivity contribution >= 4 is 11.8 Å². The number of carbonyl (C=O) groups excluding carboxylic acids is 2. The number of aliphatic hydroxyl groups excluding tert-OH is 3. The molecule has 5 aliphatic rings. The molecular weight excluding hydrogens is 340 g/mol. The maximum Gasteiger partial charge on any atom is 0.313 e. The van der Waals surface area contributed by atoms with Crippen molar-refractivity contribution < 1.29 is 34.4 Å². The molecule has 0 aromatic heterocycles. The Bertz CT molecular complexity index is 761. The summed E-state index contributed by atoms with van der Waals surface area (Å²) in [6, 6.07) is 0. The van der Waals surface area contributed by atoms with Gasteiger partial charge in [0.05, 0.1) is 30.3 Å². The lowest BCUT2D eigenvalue weighted by Gasteiger charge is -2.62. The molecule has 2 unspecified atom stereocenters. The number of ketones is 1. The van der Waals surface area contributed by atoms with Crippen LogP contribution < -0.4 is 0 Å². The van der Waals surface area contributed by atoms with Crippen LogP contribution in [0.25, 0.3) is 0 Å². The fraction of sp³-hybridized carbons (Fsp3) is 0.789. The van der Waals surface area contributed by atoms with Crippen LogP contribution in [0, 0.1) is 28.6 Å². The fourth-order valence-corrected chi connectivity index (χ4v) is 7.15. The van der Waals surface area contributed by atoms with Gasteiger partial charge in [-0.25, -0.2) is 0 Å². The van der Waals surface area contributed by atoms with Gasteiger partial charge in [0, 0.05) is 17.8 Å². The van der Waals surface area contributed by atoms with Crippen LogP contribution in [0.15, 0.2) is 11.6 Å². The summed E-state index contributed by atoms with van der Waals surface area (Å²) in [6.07, 6.45) is -2.52. The molecule has 3 aliphatic carbocycles. The third kappa shape index (κ3) is 1.46. The molecule has 4 fully saturated rings. The van der Waals surface area contributed by atoms with Crippen molar-refractivity contribution in [3.05, 3.63) is 11.6 Å². The van der Waals surface area contributed by atoms with Crippen LogP contribution in [0.3, 0.4) is 0 Å². The van der Waals surface area contributed by atoms with Crippen LogP contribution in [-0.4, -0.2) is 63.7 Å². The molecule has 10 atom stereocenters. The average molecular weight is 364 g/mol. The summed E-state index contributed by atoms with van der Waals surface area (Å²) in [7, 11) is 0. The highest BCUT2D eigenvalue weighted by atomic mass is 16.6. The molecule has 2 aliphatic heterocycles. The normalized spacial score (nSPS) is 60.2. The highest BCUT2D eigenvalue weighted by Gasteiger charge is 2.83. The van der Waals surface area contributed by atoms with Crippen molar-refractivity contribution in [2.24, 2.45) is 28.6 Å². The minimum Gasteiger partial charge on any atom is -0.456 e. The summed E-state index contributed by atoms with van der Waals surface area (Å²) >= 11 is 0. The van der Waals surface area contributed by atoms with Crippen LogP contribution in [0.1, 0.15) is 27.2 Å². The molecule has 0 radical (unpaired) electrons. The summed E-state index contributed by atoms with van der Waals surface area (Å²) in [5.41, 5.74) is -2.39. The lowest BCUT2D eigenvalue weighted by Crippen LogP contribution is -2.72. The van der Waals surface area contributed by atoms with E-state index < -0.39 is 58.7 Å². The van der Waals surface area contributed by atoms with E-state index in [0.29, 0.717) is 0 Å². The van der Waals surface area contributed by atoms with Gasteiger partial charge in [-0.3, -0.25) is 9.59 Å². The summed E-state index contributed by atoms with van der Waals surface area (Å²) < 4.78 is 11.4. The van der Waals surface area contributed by atoms with E-state index >= 15 is 0 Å². The molecule has 2 heterocycles. The third-order valence-electron chi connectivity index (χ3n) is 8.23. The monoisotopic (exact) mass is 364 g/mol. The number of esters is 1. The second-order valence-electron chi connectivity index (χ2n) is 9.16. The van der Waals surface area contributed by atoms with E-state index in [1.165, 1.54) is 0 Å². The average Bonchev–Trinajstić information content (AvgIpc) is 2.94. The fourth-order valence-electron chi connectivity index (χ4n) is 7.15. The van der Waals surface area contributed by atoms with E-state index in [0.717, 1.165) is 5.57 Å². The minimum atomic E-state index is -1.22. The maximum atomic E-state index is 13.4. The predicted octanol–water partition coefficient (Wildman–Crippen LogP) is -0.429. The van der Waals surface area contributed by atoms with Gasteiger partial charge in [0.25, 0.3) is 0 Å². The summed E-state index contributed by atoms with van der Waals surface area (Å²) in [5.74, 6) is -2.45. The molecule has 0 amide bonds. The van der Waals surface area contributed by atoms with Gasteiger partial charge >= 0.3 is 5.97 Å². The molecule has 2 saturated heterocycles. The first-order valence-corrected chi connectivity index (χ1v) is 9.20. The molecule has 7 heteroatoms. The largest absolute Gasteiger partial charge is 0.456 e. The smallest absolute Gasteiger partial charge is 0.313 e. The first-order chi connectivity index (χ1) is 12.1. The van der Waals surface area contributed by atoms with Gasteiger partial charge in [0.1, 0.15) is 17.3 Å². The summed E-state index contributed by atoms with van der Waals surface area (Å²) in [4.78, 5) is 26.0. The Balaban J connectivity index is 1.77. The molecule has 5 rings (SSSR count). The molecule has 142 valence electrons. The number of fused-ring (bicyclic) bond motifs is 2. The van der Waals surface area contributed by atoms with E-state index in [9.17, 15) is 24.9 Å². The summed E-state index contributed by atoms with van der Waals surface area (Å²) in [6.45, 7) is 5.41. The topological polar surface area (TPSA) is 113 Å². The first kappa shape index (κ1) is 16.9. The van der Waals surface area contributed by atoms with Crippen LogP contribution in [0.5, 0.6) is 0 Å². The van der Waals surface area contributed by atoms with Crippen LogP contribution >= 0.6 is 0 Å². The Morgan fingerprint density at radius 3 is 2.58 bits per heavy atom. The number of carbonyl (C=O) groups is 2. The first-order valence-electron chi connectivity index (χ1n) is 9.20. The van der Waals surface area contributed by atoms with Crippen LogP contribution in [-0.2, 0) is 19.1 Å². The Labute approximate surface area is 151 Å². The second kappa shape index (κ2) is 4.58. The van der Waals surface area contributed by atoms with Crippen molar-refractivity contribution in [2.45, 2.75) is 57.2 Å². The van der Waals surface area contributed by atoms with Gasteiger partial charge in [-0.2, -0.15) is 0 Å². The quantitative estimate of drug-likeness (QED) is 0.395. The highest BCUT2D eigenvalue weighted by Crippen LogP contribution is 2.71. The molecule has 0 aromatic rings. The Morgan fingerprint density at radius 1 is 1.19 bits per heavy atom. The second-order valence-corrected chi connectivity index (χ2v) is 9.16. The van der Waals surface area contributed by atoms with Crippen molar-refractivity contribution in [1.82, 2.24) is 0 Å². The van der Waals surface area contributed by atoms with Gasteiger partial charge in [-0.15, -0.1) is 0 Å². The Morgan fingerprint density at radius 2 is 1.88 bits per heavy atom. The molecule has 3 N–H and O–H groups in total. The molecule has 1 spiro atoms. The lowest BCUT2D eigenvalue weighted by molar-refractivity contribution is -0.214. The maximum absolute atomic E-state index is 13.4. The number of ether oxygens (including phenoxy) is 2. The Kier molecular flexibility index (Phi) is 2.97. The number of hydrogen-bond acceptors (Lipinski definition) is 7. The molecule has 4 bridgehead atoms. The molecule has 0 aromatic carbocycles. The van der Waals surface area contributed by atoms with Crippen molar-refractivity contribution in [3.63, 3.8) is 0 Å². The van der Waals surface area contributed by atoms with Gasteiger partial charge in [-0.05, 0) is 19.8 Å². The minimum absolute atomic E-state index is 0.0359. The molecule has 7 nitrogen and oxygen atoms in total. The standard InChI is InChI=1S/C19H24O7/c1-7-4-9(20)14(23)17(2)8(7)5-10(21)19-6-25-18(3)13(19)16(24)26-15(18)11(22)12(17)19/h4,8-9,11-15,20,22-23H,5-6H2,1-3H3/t8-,9-,11?,12?,13-,14+,15-,17-,18-,19+/m0/s1. The summed E-state index contributed by atoms with van der Waals surface area (Å²) in [5, 5.41) is 32.6. The zero-order valence-electron chi connectivity index (χ0n) is 15.0. The number of Topliss-reactive ketones (excluding diaryl/α,β-unsaturated/α-hetero) is 1. The highest BCUT2D eigenvalue weighted by molar-refractivity contribution is 5.95. The van der Waals surface area contributed by atoms with Crippen molar-refractivity contribution in [3.8, 4) is 0 Å². The van der Waals surface area contributed by atoms with Crippen LogP contribution in [0.4, 0.5) is 0 Å². The zero-order chi connectivity index (χ0) is 18.8. The third-order valence-corrected chi connectivity index (χ3v) is 8.23. The van der Waals surface area contributed by atoms with Gasteiger partial charge in [-0.1, -0.05) is 18.6 Å². The van der Waals surface area contributed by atoms with Crippen LogP contribution in [0.2, 0.25) is 0 Å². The van der Waals surface area contributed by atoms with Gasteiger partial charge in [0.2, 0.25) is 0 Å². The molecule has 26 heavy (non-hydrogen) atoms. The van der Waals surface area contributed by atoms with Gasteiger partial charge < -0.3 is 24.8 Å². The number of aliphatic hydroxyl groups is 3. The predicted molar refractivity (Wildman–Crippen MR) is 86.6 cm³/mol. The van der Waals surface area contributed by atoms with Crippen molar-refractivity contribution in [2.75, 3.05) is 6.61 Å². The Hall–Kier alpha value is -1.28. The molecular formula is C19H24O7. The van der Waals surface area contributed by atoms with E-state index in [2.05, 4.69) is 0 Å². The zero-order valence-corrected chi connectivity index (χ0v) is 15.0. The SMILES string of the molecule is CC1=C[C@H](O)[C@@H](O)[C@]2(C)C3C(O)[C@@H]4OC(=O)[C@H]5[C@]4(C)OC[C@@]35C(=O)C[C@@H]12. The van der Waals surface area contributed by atoms with Gasteiger partial charge in [0.15, 0.2) is 6.10 Å². The van der Waals surface area contributed by atoms with E-state index in [1.807, 2.05) is 13.8 Å². The van der Waals surface area contributed by atoms with E-state index in [4.69, 9.17) is 9.47 Å².